The molecular formula is C26H41NO5. The highest BCUT2D eigenvalue weighted by molar-refractivity contribution is 5.66. The number of esters is 1. The molecular weight excluding hydrogens is 406 g/mol. The van der Waals surface area contributed by atoms with Crippen molar-refractivity contribution in [3.05, 3.63) is 0 Å². The third-order valence-electron chi connectivity index (χ3n) is 11.6. The second-order valence-electron chi connectivity index (χ2n) is 12.1. The number of ether oxygens (including phenoxy) is 4. The van der Waals surface area contributed by atoms with Crippen LogP contribution in [0.4, 0.5) is 0 Å². The van der Waals surface area contributed by atoms with Gasteiger partial charge in [0.1, 0.15) is 6.10 Å². The van der Waals surface area contributed by atoms with Gasteiger partial charge >= 0.3 is 5.97 Å². The zero-order valence-corrected chi connectivity index (χ0v) is 20.6. The lowest BCUT2D eigenvalue weighted by atomic mass is 9.43. The van der Waals surface area contributed by atoms with E-state index in [0.717, 1.165) is 25.8 Å². The highest BCUT2D eigenvalue weighted by Gasteiger charge is 2.84. The summed E-state index contributed by atoms with van der Waals surface area (Å²) < 4.78 is 25.3. The van der Waals surface area contributed by atoms with Crippen molar-refractivity contribution in [2.24, 2.45) is 40.4 Å². The first-order valence-corrected chi connectivity index (χ1v) is 12.8. The van der Waals surface area contributed by atoms with Gasteiger partial charge in [-0.05, 0) is 49.5 Å². The molecule has 5 aliphatic carbocycles. The van der Waals surface area contributed by atoms with Crippen LogP contribution in [0.5, 0.6) is 0 Å². The van der Waals surface area contributed by atoms with Gasteiger partial charge in [-0.2, -0.15) is 0 Å². The molecule has 6 nitrogen and oxygen atoms in total. The lowest BCUT2D eigenvalue weighted by Crippen LogP contribution is -2.76. The number of methoxy groups -OCH3 is 3. The Balaban J connectivity index is 1.59. The fourth-order valence-corrected chi connectivity index (χ4v) is 11.0. The molecule has 1 heterocycles. The van der Waals surface area contributed by atoms with Crippen molar-refractivity contribution >= 4 is 5.97 Å². The van der Waals surface area contributed by atoms with Gasteiger partial charge in [0.25, 0.3) is 0 Å². The highest BCUT2D eigenvalue weighted by atomic mass is 16.6. The Morgan fingerprint density at radius 1 is 1.12 bits per heavy atom. The average molecular weight is 448 g/mol. The van der Waals surface area contributed by atoms with E-state index in [1.807, 2.05) is 21.3 Å². The molecule has 12 atom stereocenters. The van der Waals surface area contributed by atoms with E-state index in [1.165, 1.54) is 19.4 Å². The zero-order chi connectivity index (χ0) is 22.6. The van der Waals surface area contributed by atoms with E-state index in [9.17, 15) is 4.79 Å². The van der Waals surface area contributed by atoms with E-state index >= 15 is 0 Å². The Labute approximate surface area is 192 Å². The molecule has 0 aromatic carbocycles. The molecule has 6 aliphatic rings. The molecule has 1 spiro atoms. The van der Waals surface area contributed by atoms with Gasteiger partial charge in [-0.1, -0.05) is 13.8 Å². The minimum absolute atomic E-state index is 0.0715. The first-order chi connectivity index (χ1) is 15.3. The molecule has 5 saturated carbocycles. The van der Waals surface area contributed by atoms with E-state index in [-0.39, 0.29) is 47.1 Å². The molecule has 1 aliphatic heterocycles. The fourth-order valence-electron chi connectivity index (χ4n) is 11.0. The van der Waals surface area contributed by atoms with Crippen LogP contribution in [-0.4, -0.2) is 75.2 Å². The summed E-state index contributed by atoms with van der Waals surface area (Å²) in [7, 11) is 5.66. The molecule has 7 bridgehead atoms. The SMILES string of the molecule is CCN1CC2(C)CCC(OC)C34C5CC6C(OC)CC(OC)(C(CC23)C14)C5C6OC(C)=O. The van der Waals surface area contributed by atoms with E-state index in [2.05, 4.69) is 18.7 Å². The van der Waals surface area contributed by atoms with Gasteiger partial charge in [-0.15, -0.1) is 0 Å². The molecule has 6 rings (SSSR count). The Morgan fingerprint density at radius 2 is 1.91 bits per heavy atom. The monoisotopic (exact) mass is 447 g/mol. The van der Waals surface area contributed by atoms with Crippen molar-refractivity contribution in [2.45, 2.75) is 82.8 Å². The summed E-state index contributed by atoms with van der Waals surface area (Å²) in [6.07, 6.45) is 5.78. The molecule has 0 aromatic heterocycles. The van der Waals surface area contributed by atoms with Crippen molar-refractivity contribution in [1.82, 2.24) is 4.90 Å². The highest BCUT2D eigenvalue weighted by Crippen LogP contribution is 2.79. The van der Waals surface area contributed by atoms with Gasteiger partial charge in [0.2, 0.25) is 0 Å². The average Bonchev–Trinajstić information content (AvgIpc) is 3.20. The molecule has 180 valence electrons. The minimum Gasteiger partial charge on any atom is -0.462 e. The maximum absolute atomic E-state index is 12.3. The van der Waals surface area contributed by atoms with Crippen LogP contribution in [0, 0.1) is 40.4 Å². The number of hydrogen-bond acceptors (Lipinski definition) is 6. The van der Waals surface area contributed by atoms with Crippen molar-refractivity contribution in [1.29, 1.82) is 0 Å². The van der Waals surface area contributed by atoms with Crippen molar-refractivity contribution < 1.29 is 23.7 Å². The topological polar surface area (TPSA) is 57.2 Å². The van der Waals surface area contributed by atoms with Crippen LogP contribution >= 0.6 is 0 Å². The summed E-state index contributed by atoms with van der Waals surface area (Å²) in [5, 5.41) is 0. The van der Waals surface area contributed by atoms with E-state index in [0.29, 0.717) is 29.2 Å². The number of hydrogen-bond donors (Lipinski definition) is 0. The lowest BCUT2D eigenvalue weighted by molar-refractivity contribution is -0.277. The van der Waals surface area contributed by atoms with Crippen LogP contribution < -0.4 is 0 Å². The maximum Gasteiger partial charge on any atom is 0.302 e. The Bertz CT molecular complexity index is 805. The zero-order valence-electron chi connectivity index (χ0n) is 20.6. The number of likely N-dealkylation sites (tertiary alicyclic amines) is 1. The Kier molecular flexibility index (Phi) is 4.72. The summed E-state index contributed by atoms with van der Waals surface area (Å²) in [6.45, 7) is 8.70. The second-order valence-corrected chi connectivity index (χ2v) is 12.1. The number of piperidine rings is 1. The molecule has 32 heavy (non-hydrogen) atoms. The predicted molar refractivity (Wildman–Crippen MR) is 119 cm³/mol. The van der Waals surface area contributed by atoms with Gasteiger partial charge < -0.3 is 18.9 Å². The molecule has 0 amide bonds. The number of fused-ring (bicyclic) bond motifs is 2. The second kappa shape index (κ2) is 6.93. The van der Waals surface area contributed by atoms with Crippen molar-refractivity contribution in [3.8, 4) is 0 Å². The first kappa shape index (κ1) is 21.8. The Hall–Kier alpha value is -0.690. The number of rotatable bonds is 5. The summed E-state index contributed by atoms with van der Waals surface area (Å²) in [4.78, 5) is 15.1. The summed E-state index contributed by atoms with van der Waals surface area (Å²) in [6, 6.07) is 0.476. The van der Waals surface area contributed by atoms with Crippen LogP contribution in [0.3, 0.4) is 0 Å². The summed E-state index contributed by atoms with van der Waals surface area (Å²) in [5.41, 5.74) is 0.130. The first-order valence-electron chi connectivity index (χ1n) is 12.8. The van der Waals surface area contributed by atoms with Crippen LogP contribution in [0.15, 0.2) is 0 Å². The van der Waals surface area contributed by atoms with Gasteiger partial charge in [-0.3, -0.25) is 9.69 Å². The third kappa shape index (κ3) is 2.24. The number of carbonyl (C=O) groups is 1. The largest absolute Gasteiger partial charge is 0.462 e. The van der Waals surface area contributed by atoms with Crippen LogP contribution in [0.2, 0.25) is 0 Å². The third-order valence-corrected chi connectivity index (χ3v) is 11.6. The molecule has 0 radical (unpaired) electrons. The predicted octanol–water partition coefficient (Wildman–Crippen LogP) is 3.13. The lowest BCUT2D eigenvalue weighted by Gasteiger charge is -2.69. The molecule has 0 aromatic rings. The van der Waals surface area contributed by atoms with Gasteiger partial charge in [0.15, 0.2) is 0 Å². The molecule has 1 saturated heterocycles. The molecule has 12 unspecified atom stereocenters. The number of nitrogens with zero attached hydrogens (tertiary/aromatic N) is 1. The minimum atomic E-state index is -0.303. The van der Waals surface area contributed by atoms with Gasteiger partial charge in [-0.25, -0.2) is 0 Å². The van der Waals surface area contributed by atoms with Crippen molar-refractivity contribution in [2.75, 3.05) is 34.4 Å². The molecule has 0 N–H and O–H groups in total. The summed E-state index contributed by atoms with van der Waals surface area (Å²) >= 11 is 0. The quantitative estimate of drug-likeness (QED) is 0.604. The standard InChI is InChI=1S/C26H41NO5/c1-7-27-13-24(3)9-8-20(30-5)26-16-10-15-18(29-4)12-25(31-6,17(23(26)27)11-19(24)26)21(16)22(15)32-14(2)28/h15-23H,7-13H2,1-6H3. The smallest absolute Gasteiger partial charge is 0.302 e. The van der Waals surface area contributed by atoms with Gasteiger partial charge in [0, 0.05) is 70.4 Å². The van der Waals surface area contributed by atoms with Gasteiger partial charge in [0.05, 0.1) is 17.8 Å². The summed E-state index contributed by atoms with van der Waals surface area (Å²) in [5.74, 6) is 1.81. The van der Waals surface area contributed by atoms with E-state index < -0.39 is 0 Å². The van der Waals surface area contributed by atoms with E-state index in [1.54, 1.807) is 6.92 Å². The Morgan fingerprint density at radius 3 is 2.53 bits per heavy atom. The molecule has 6 heteroatoms. The van der Waals surface area contributed by atoms with Crippen molar-refractivity contribution in [3.63, 3.8) is 0 Å². The van der Waals surface area contributed by atoms with Crippen LogP contribution in [-0.2, 0) is 23.7 Å². The normalized spacial score (nSPS) is 57.5. The van der Waals surface area contributed by atoms with Crippen LogP contribution in [0.25, 0.3) is 0 Å². The maximum atomic E-state index is 12.3. The fraction of sp³-hybridized carbons (Fsp3) is 0.962. The number of carbonyl (C=O) groups excluding carboxylic acids is 1. The molecule has 6 fully saturated rings. The van der Waals surface area contributed by atoms with E-state index in [4.69, 9.17) is 18.9 Å². The van der Waals surface area contributed by atoms with Crippen LogP contribution in [0.1, 0.15) is 52.9 Å².